The highest BCUT2D eigenvalue weighted by Gasteiger charge is 2.34. The van der Waals surface area contributed by atoms with Crippen molar-refractivity contribution in [1.29, 1.82) is 0 Å². The fourth-order valence-electron chi connectivity index (χ4n) is 4.13. The van der Waals surface area contributed by atoms with Crippen molar-refractivity contribution < 1.29 is 14.4 Å². The molecule has 8 heteroatoms. The number of thiophene rings is 1. The van der Waals surface area contributed by atoms with Crippen LogP contribution >= 0.6 is 11.3 Å². The molecule has 0 radical (unpaired) electrons. The monoisotopic (exact) mass is 504 g/mol. The van der Waals surface area contributed by atoms with Crippen LogP contribution in [-0.4, -0.2) is 30.8 Å². The molecule has 0 bridgehead atoms. The second-order valence-corrected chi connectivity index (χ2v) is 11.0. The summed E-state index contributed by atoms with van der Waals surface area (Å²) in [5, 5.41) is 7.79. The highest BCUT2D eigenvalue weighted by Crippen LogP contribution is 2.39. The number of carbonyl (C=O) groups is 3. The van der Waals surface area contributed by atoms with Gasteiger partial charge in [0.1, 0.15) is 0 Å². The normalized spacial score (nSPS) is 15.6. The zero-order chi connectivity index (χ0) is 25.9. The maximum absolute atomic E-state index is 13.7. The molecular weight excluding hydrogens is 472 g/mol. The largest absolute Gasteiger partial charge is 0.351 e. The average molecular weight is 505 g/mol. The number of anilines is 2. The van der Waals surface area contributed by atoms with Crippen LogP contribution in [0.4, 0.5) is 11.4 Å². The first-order valence-corrected chi connectivity index (χ1v) is 12.9. The van der Waals surface area contributed by atoms with Gasteiger partial charge in [-0.05, 0) is 54.1 Å². The van der Waals surface area contributed by atoms with Gasteiger partial charge >= 0.3 is 0 Å². The van der Waals surface area contributed by atoms with E-state index in [-0.39, 0.29) is 36.0 Å². The van der Waals surface area contributed by atoms with E-state index in [2.05, 4.69) is 10.6 Å². The highest BCUT2D eigenvalue weighted by molar-refractivity contribution is 7.10. The van der Waals surface area contributed by atoms with Gasteiger partial charge in [0.25, 0.3) is 5.91 Å². The predicted octanol–water partition coefficient (Wildman–Crippen LogP) is 4.43. The van der Waals surface area contributed by atoms with Crippen molar-refractivity contribution in [3.05, 3.63) is 81.5 Å². The molecule has 4 rings (SSSR count). The van der Waals surface area contributed by atoms with E-state index in [1.807, 2.05) is 62.5 Å². The molecule has 1 aliphatic heterocycles. The van der Waals surface area contributed by atoms with E-state index in [0.29, 0.717) is 30.0 Å². The van der Waals surface area contributed by atoms with Gasteiger partial charge in [-0.3, -0.25) is 14.4 Å². The zero-order valence-electron chi connectivity index (χ0n) is 20.8. The van der Waals surface area contributed by atoms with Crippen LogP contribution in [0.15, 0.2) is 60.0 Å². The number of rotatable bonds is 7. The SMILES string of the molecule is Cc1ccc(C2CC(=O)Nc3cc(C(=O)NCC(C)(C)CN)ccc3N2C(=O)Cc2cccs2)cc1. The minimum atomic E-state index is -0.468. The molecule has 0 aliphatic carbocycles. The summed E-state index contributed by atoms with van der Waals surface area (Å²) in [6.45, 7) is 6.82. The van der Waals surface area contributed by atoms with Gasteiger partial charge in [0.05, 0.1) is 30.3 Å². The third-order valence-electron chi connectivity index (χ3n) is 6.40. The second-order valence-electron chi connectivity index (χ2n) is 9.98. The Morgan fingerprint density at radius 2 is 1.92 bits per heavy atom. The van der Waals surface area contributed by atoms with E-state index in [1.165, 1.54) is 11.3 Å². The first-order valence-electron chi connectivity index (χ1n) is 12.0. The molecule has 1 atom stereocenters. The first-order chi connectivity index (χ1) is 17.2. The van der Waals surface area contributed by atoms with Gasteiger partial charge in [-0.2, -0.15) is 0 Å². The van der Waals surface area contributed by atoms with E-state index in [4.69, 9.17) is 5.73 Å². The molecule has 1 unspecified atom stereocenters. The highest BCUT2D eigenvalue weighted by atomic mass is 32.1. The van der Waals surface area contributed by atoms with Crippen LogP contribution in [0.5, 0.6) is 0 Å². The zero-order valence-corrected chi connectivity index (χ0v) is 21.7. The van der Waals surface area contributed by atoms with Gasteiger partial charge in [0, 0.05) is 17.0 Å². The van der Waals surface area contributed by atoms with Crippen molar-refractivity contribution in [2.24, 2.45) is 11.1 Å². The number of hydrogen-bond donors (Lipinski definition) is 3. The van der Waals surface area contributed by atoms with Gasteiger partial charge in [0.15, 0.2) is 0 Å². The fourth-order valence-corrected chi connectivity index (χ4v) is 4.82. The van der Waals surface area contributed by atoms with Crippen molar-refractivity contribution in [3.63, 3.8) is 0 Å². The quantitative estimate of drug-likeness (QED) is 0.443. The summed E-state index contributed by atoms with van der Waals surface area (Å²) < 4.78 is 0. The van der Waals surface area contributed by atoms with E-state index in [1.54, 1.807) is 23.1 Å². The van der Waals surface area contributed by atoms with Crippen molar-refractivity contribution in [2.45, 2.75) is 39.7 Å². The maximum atomic E-state index is 13.7. The summed E-state index contributed by atoms with van der Waals surface area (Å²) in [5.41, 5.74) is 8.95. The van der Waals surface area contributed by atoms with Crippen LogP contribution in [0, 0.1) is 12.3 Å². The Kier molecular flexibility index (Phi) is 7.56. The number of nitrogens with zero attached hydrogens (tertiary/aromatic N) is 1. The van der Waals surface area contributed by atoms with Crippen LogP contribution in [0.1, 0.15) is 52.7 Å². The number of nitrogens with one attached hydrogen (secondary N) is 2. The van der Waals surface area contributed by atoms with E-state index >= 15 is 0 Å². The minimum absolute atomic E-state index is 0.109. The molecule has 0 saturated heterocycles. The van der Waals surface area contributed by atoms with Crippen molar-refractivity contribution in [3.8, 4) is 0 Å². The lowest BCUT2D eigenvalue weighted by molar-refractivity contribution is -0.119. The molecule has 36 heavy (non-hydrogen) atoms. The summed E-state index contributed by atoms with van der Waals surface area (Å²) in [5.74, 6) is -0.581. The lowest BCUT2D eigenvalue weighted by Crippen LogP contribution is -2.38. The number of benzene rings is 2. The molecule has 3 amide bonds. The standard InChI is InChI=1S/C28H32N4O3S/c1-18-6-8-19(9-7-18)24-15-25(33)31-22-13-20(27(35)30-17-28(2,3)16-29)10-11-23(22)32(24)26(34)14-21-5-4-12-36-21/h4-13,24H,14-17,29H2,1-3H3,(H,30,35)(H,31,33). The Morgan fingerprint density at radius 3 is 2.58 bits per heavy atom. The smallest absolute Gasteiger partial charge is 0.251 e. The number of aryl methyl sites for hydroxylation is 1. The second kappa shape index (κ2) is 10.6. The van der Waals surface area contributed by atoms with E-state index < -0.39 is 6.04 Å². The summed E-state index contributed by atoms with van der Waals surface area (Å²) in [6, 6.07) is 16.4. The molecule has 1 aromatic heterocycles. The minimum Gasteiger partial charge on any atom is -0.351 e. The maximum Gasteiger partial charge on any atom is 0.251 e. The van der Waals surface area contributed by atoms with Crippen molar-refractivity contribution >= 4 is 40.4 Å². The Morgan fingerprint density at radius 1 is 1.17 bits per heavy atom. The fraction of sp³-hybridized carbons (Fsp3) is 0.321. The number of fused-ring (bicyclic) bond motifs is 1. The van der Waals surface area contributed by atoms with Crippen LogP contribution in [0.2, 0.25) is 0 Å². The number of nitrogens with two attached hydrogens (primary N) is 1. The molecule has 7 nitrogen and oxygen atoms in total. The Balaban J connectivity index is 1.72. The summed E-state index contributed by atoms with van der Waals surface area (Å²) in [6.07, 6.45) is 0.338. The van der Waals surface area contributed by atoms with E-state index in [0.717, 1.165) is 16.0 Å². The molecule has 3 aromatic rings. The molecule has 188 valence electrons. The Labute approximate surface area is 215 Å². The summed E-state index contributed by atoms with van der Waals surface area (Å²) in [4.78, 5) is 42.2. The summed E-state index contributed by atoms with van der Waals surface area (Å²) >= 11 is 1.52. The molecule has 2 aromatic carbocycles. The topological polar surface area (TPSA) is 105 Å². The van der Waals surface area contributed by atoms with Crippen LogP contribution in [0.25, 0.3) is 0 Å². The third kappa shape index (κ3) is 5.83. The van der Waals surface area contributed by atoms with E-state index in [9.17, 15) is 14.4 Å². The Hall–Kier alpha value is -3.49. The number of carbonyl (C=O) groups excluding carboxylic acids is 3. The number of amides is 3. The van der Waals surface area contributed by atoms with Crippen molar-refractivity contribution in [1.82, 2.24) is 5.32 Å². The van der Waals surface area contributed by atoms with Crippen LogP contribution < -0.4 is 21.3 Å². The lowest BCUT2D eigenvalue weighted by atomic mass is 9.94. The summed E-state index contributed by atoms with van der Waals surface area (Å²) in [7, 11) is 0. The van der Waals surface area contributed by atoms with Crippen LogP contribution in [0.3, 0.4) is 0 Å². The predicted molar refractivity (Wildman–Crippen MR) is 144 cm³/mol. The first kappa shape index (κ1) is 25.6. The van der Waals surface area contributed by atoms with Gasteiger partial charge < -0.3 is 21.3 Å². The average Bonchev–Trinajstić information content (AvgIpc) is 3.31. The molecule has 0 spiro atoms. The van der Waals surface area contributed by atoms with Gasteiger partial charge in [-0.25, -0.2) is 0 Å². The molecule has 1 aliphatic rings. The van der Waals surface area contributed by atoms with Gasteiger partial charge in [-0.1, -0.05) is 49.7 Å². The molecular formula is C28H32N4O3S. The van der Waals surface area contributed by atoms with Gasteiger partial charge in [-0.15, -0.1) is 11.3 Å². The number of hydrogen-bond acceptors (Lipinski definition) is 5. The van der Waals surface area contributed by atoms with Gasteiger partial charge in [0.2, 0.25) is 11.8 Å². The molecule has 0 fully saturated rings. The lowest BCUT2D eigenvalue weighted by Gasteiger charge is -2.31. The third-order valence-corrected chi connectivity index (χ3v) is 7.28. The van der Waals surface area contributed by atoms with Crippen molar-refractivity contribution in [2.75, 3.05) is 23.3 Å². The molecule has 4 N–H and O–H groups in total. The Bertz CT molecular complexity index is 1250. The molecule has 0 saturated carbocycles. The van der Waals surface area contributed by atoms with Crippen LogP contribution in [-0.2, 0) is 16.0 Å². The molecule has 2 heterocycles.